The molecule has 1 saturated heterocycles. The molecule has 1 heterocycles. The molecule has 0 radical (unpaired) electrons. The van der Waals surface area contributed by atoms with E-state index in [0.717, 1.165) is 13.1 Å². The van der Waals surface area contributed by atoms with Crippen LogP contribution < -0.4 is 16.4 Å². The first-order valence-corrected chi connectivity index (χ1v) is 6.53. The number of carboxylic acid groups (broad SMARTS) is 1. The van der Waals surface area contributed by atoms with Gasteiger partial charge in [-0.2, -0.15) is 0 Å². The van der Waals surface area contributed by atoms with Gasteiger partial charge in [-0.1, -0.05) is 0 Å². The predicted octanol–water partition coefficient (Wildman–Crippen LogP) is -1.88. The van der Waals surface area contributed by atoms with E-state index in [1.54, 1.807) is 13.8 Å². The van der Waals surface area contributed by atoms with Crippen LogP contribution in [0.2, 0.25) is 0 Å². The number of carbonyl (C=O) groups is 3. The summed E-state index contributed by atoms with van der Waals surface area (Å²) in [6.45, 7) is 6.43. The molecule has 2 amide bonds. The zero-order valence-corrected chi connectivity index (χ0v) is 11.8. The minimum Gasteiger partial charge on any atom is -0.480 e. The molecule has 0 spiro atoms. The average molecular weight is 286 g/mol. The highest BCUT2D eigenvalue weighted by atomic mass is 16.4. The monoisotopic (exact) mass is 286 g/mol. The summed E-state index contributed by atoms with van der Waals surface area (Å²) in [4.78, 5) is 36.1. The number of hydrogen-bond acceptors (Lipinski definition) is 5. The molecule has 1 aliphatic heterocycles. The fourth-order valence-electron chi connectivity index (χ4n) is 2.10. The van der Waals surface area contributed by atoms with Gasteiger partial charge < -0.3 is 21.5 Å². The van der Waals surface area contributed by atoms with Crippen LogP contribution in [0, 0.1) is 0 Å². The van der Waals surface area contributed by atoms with Crippen LogP contribution in [0.4, 0.5) is 0 Å². The van der Waals surface area contributed by atoms with Crippen LogP contribution in [0.5, 0.6) is 0 Å². The molecule has 0 saturated carbocycles. The molecule has 5 N–H and O–H groups in total. The van der Waals surface area contributed by atoms with Crippen molar-refractivity contribution in [1.82, 2.24) is 15.5 Å². The summed E-state index contributed by atoms with van der Waals surface area (Å²) in [5.74, 6) is -2.46. The van der Waals surface area contributed by atoms with Crippen molar-refractivity contribution in [1.29, 1.82) is 0 Å². The molecule has 1 aliphatic rings. The molecule has 8 heteroatoms. The number of rotatable bonds is 6. The zero-order chi connectivity index (χ0) is 15.3. The first-order valence-electron chi connectivity index (χ1n) is 6.53. The maximum absolute atomic E-state index is 12.3. The highest BCUT2D eigenvalue weighted by Gasteiger charge is 2.37. The number of carbonyl (C=O) groups excluding carboxylic acids is 2. The van der Waals surface area contributed by atoms with Crippen LogP contribution in [0.3, 0.4) is 0 Å². The fourth-order valence-corrected chi connectivity index (χ4v) is 2.10. The fraction of sp³-hybridized carbons (Fsp3) is 0.750. The molecule has 0 aromatic heterocycles. The minimum absolute atomic E-state index is 0.418. The van der Waals surface area contributed by atoms with Crippen LogP contribution in [0.25, 0.3) is 0 Å². The van der Waals surface area contributed by atoms with Crippen LogP contribution >= 0.6 is 0 Å². The van der Waals surface area contributed by atoms with Gasteiger partial charge in [-0.15, -0.1) is 0 Å². The lowest BCUT2D eigenvalue weighted by Gasteiger charge is -2.40. The van der Waals surface area contributed by atoms with Gasteiger partial charge in [0.05, 0.1) is 12.0 Å². The van der Waals surface area contributed by atoms with E-state index in [-0.39, 0.29) is 0 Å². The summed E-state index contributed by atoms with van der Waals surface area (Å²) in [7, 11) is 0. The minimum atomic E-state index is -1.29. The third-order valence-corrected chi connectivity index (χ3v) is 3.47. The standard InChI is InChI=1S/C12H22N4O4/c1-12(2,16-5-3-14-4-6-16)11(20)15-8(10(18)19)7-9(13)17/h8,14H,3-7H2,1-2H3,(H2,13,17)(H,15,20)(H,18,19)/t8-/m0/s1. The Hall–Kier alpha value is -1.67. The van der Waals surface area contributed by atoms with Crippen molar-refractivity contribution in [2.24, 2.45) is 5.73 Å². The van der Waals surface area contributed by atoms with Crippen molar-refractivity contribution in [3.05, 3.63) is 0 Å². The molecule has 1 atom stereocenters. The van der Waals surface area contributed by atoms with Gasteiger partial charge in [0.25, 0.3) is 0 Å². The molecule has 0 aliphatic carbocycles. The highest BCUT2D eigenvalue weighted by molar-refractivity contribution is 5.91. The summed E-state index contributed by atoms with van der Waals surface area (Å²) < 4.78 is 0. The molecule has 0 unspecified atom stereocenters. The van der Waals surface area contributed by atoms with Gasteiger partial charge >= 0.3 is 5.97 Å². The van der Waals surface area contributed by atoms with E-state index >= 15 is 0 Å². The van der Waals surface area contributed by atoms with Crippen molar-refractivity contribution < 1.29 is 19.5 Å². The number of aliphatic carboxylic acids is 1. The van der Waals surface area contributed by atoms with E-state index in [0.29, 0.717) is 13.1 Å². The molecular formula is C12H22N4O4. The van der Waals surface area contributed by atoms with Crippen molar-refractivity contribution in [2.75, 3.05) is 26.2 Å². The lowest BCUT2D eigenvalue weighted by molar-refractivity contribution is -0.145. The van der Waals surface area contributed by atoms with E-state index in [1.807, 2.05) is 4.90 Å². The molecule has 0 aromatic carbocycles. The zero-order valence-electron chi connectivity index (χ0n) is 11.8. The molecule has 20 heavy (non-hydrogen) atoms. The Morgan fingerprint density at radius 2 is 1.90 bits per heavy atom. The number of hydrogen-bond donors (Lipinski definition) is 4. The molecular weight excluding hydrogens is 264 g/mol. The molecule has 1 rings (SSSR count). The topological polar surface area (TPSA) is 125 Å². The van der Waals surface area contributed by atoms with Crippen LogP contribution in [0.15, 0.2) is 0 Å². The first kappa shape index (κ1) is 16.4. The summed E-state index contributed by atoms with van der Waals surface area (Å²) in [6, 6.07) is -1.29. The normalized spacial score (nSPS) is 18.3. The number of nitrogens with zero attached hydrogens (tertiary/aromatic N) is 1. The SMILES string of the molecule is CC(C)(C(=O)N[C@@H](CC(N)=O)C(=O)O)N1CCNCC1. The quantitative estimate of drug-likeness (QED) is 0.453. The molecule has 0 aromatic rings. The third-order valence-electron chi connectivity index (χ3n) is 3.47. The second-order valence-corrected chi connectivity index (χ2v) is 5.33. The van der Waals surface area contributed by atoms with E-state index in [9.17, 15) is 14.4 Å². The van der Waals surface area contributed by atoms with Gasteiger partial charge in [0, 0.05) is 26.2 Å². The molecule has 8 nitrogen and oxygen atoms in total. The lowest BCUT2D eigenvalue weighted by atomic mass is 9.99. The maximum atomic E-state index is 12.3. The predicted molar refractivity (Wildman–Crippen MR) is 71.9 cm³/mol. The van der Waals surface area contributed by atoms with E-state index in [2.05, 4.69) is 10.6 Å². The third kappa shape index (κ3) is 4.17. The molecule has 0 bridgehead atoms. The first-order chi connectivity index (χ1) is 9.25. The largest absolute Gasteiger partial charge is 0.480 e. The summed E-state index contributed by atoms with van der Waals surface area (Å²) in [5, 5.41) is 14.6. The van der Waals surface area contributed by atoms with Gasteiger partial charge in [-0.05, 0) is 13.8 Å². The molecule has 1 fully saturated rings. The van der Waals surface area contributed by atoms with Crippen molar-refractivity contribution >= 4 is 17.8 Å². The number of primary amides is 1. The van der Waals surface area contributed by atoms with Crippen LogP contribution in [0.1, 0.15) is 20.3 Å². The van der Waals surface area contributed by atoms with Gasteiger partial charge in [0.15, 0.2) is 0 Å². The van der Waals surface area contributed by atoms with Crippen LogP contribution in [-0.4, -0.2) is 65.5 Å². The van der Waals surface area contributed by atoms with Crippen molar-refractivity contribution in [2.45, 2.75) is 31.8 Å². The van der Waals surface area contributed by atoms with Crippen LogP contribution in [-0.2, 0) is 14.4 Å². The number of carboxylic acids is 1. The van der Waals surface area contributed by atoms with Crippen molar-refractivity contribution in [3.63, 3.8) is 0 Å². The summed E-state index contributed by atoms with van der Waals surface area (Å²) in [6.07, 6.45) is -0.418. The Morgan fingerprint density at radius 3 is 2.35 bits per heavy atom. The average Bonchev–Trinajstić information content (AvgIpc) is 2.38. The summed E-state index contributed by atoms with van der Waals surface area (Å²) >= 11 is 0. The van der Waals surface area contributed by atoms with Gasteiger partial charge in [-0.3, -0.25) is 14.5 Å². The second-order valence-electron chi connectivity index (χ2n) is 5.33. The smallest absolute Gasteiger partial charge is 0.326 e. The molecule has 114 valence electrons. The Labute approximate surface area is 117 Å². The van der Waals surface area contributed by atoms with Gasteiger partial charge in [-0.25, -0.2) is 4.79 Å². The highest BCUT2D eigenvalue weighted by Crippen LogP contribution is 2.15. The number of nitrogens with one attached hydrogen (secondary N) is 2. The number of nitrogens with two attached hydrogens (primary N) is 1. The van der Waals surface area contributed by atoms with Gasteiger partial charge in [0.1, 0.15) is 6.04 Å². The maximum Gasteiger partial charge on any atom is 0.326 e. The Kier molecular flexibility index (Phi) is 5.46. The van der Waals surface area contributed by atoms with E-state index in [4.69, 9.17) is 10.8 Å². The second kappa shape index (κ2) is 6.67. The van der Waals surface area contributed by atoms with E-state index in [1.165, 1.54) is 0 Å². The Balaban J connectivity index is 2.70. The lowest BCUT2D eigenvalue weighted by Crippen LogP contribution is -2.61. The number of piperazine rings is 1. The summed E-state index contributed by atoms with van der Waals surface area (Å²) in [5.41, 5.74) is 4.15. The number of amides is 2. The Morgan fingerprint density at radius 1 is 1.35 bits per heavy atom. The van der Waals surface area contributed by atoms with E-state index < -0.39 is 35.8 Å². The Bertz CT molecular complexity index is 391. The van der Waals surface area contributed by atoms with Crippen molar-refractivity contribution in [3.8, 4) is 0 Å². The van der Waals surface area contributed by atoms with Gasteiger partial charge in [0.2, 0.25) is 11.8 Å².